The number of aryl methyl sites for hydroxylation is 1. The number of rotatable bonds is 8. The van der Waals surface area contributed by atoms with E-state index in [1.165, 1.54) is 13.2 Å². The average molecular weight is 410 g/mol. The third-order valence-electron chi connectivity index (χ3n) is 4.28. The van der Waals surface area contributed by atoms with Crippen molar-refractivity contribution < 1.29 is 28.6 Å². The van der Waals surface area contributed by atoms with Gasteiger partial charge in [0.2, 0.25) is 5.78 Å². The largest absolute Gasteiger partial charge is 0.497 e. The van der Waals surface area contributed by atoms with Crippen LogP contribution in [0.1, 0.15) is 44.6 Å². The number of carbonyl (C=O) groups is 3. The molecule has 0 aliphatic rings. The van der Waals surface area contributed by atoms with Gasteiger partial charge in [-0.25, -0.2) is 9.59 Å². The molecule has 0 aliphatic carbocycles. The fraction of sp³-hybridized carbons (Fsp3) is 0.273. The summed E-state index contributed by atoms with van der Waals surface area (Å²) in [6.45, 7) is 4.56. The second-order valence-electron chi connectivity index (χ2n) is 6.29. The third kappa shape index (κ3) is 5.14. The summed E-state index contributed by atoms with van der Waals surface area (Å²) in [6, 6.07) is 8.56. The molecule has 1 aromatic carbocycles. The van der Waals surface area contributed by atoms with E-state index in [1.807, 2.05) is 0 Å². The Morgan fingerprint density at radius 1 is 1.20 bits per heavy atom. The average Bonchev–Trinajstić information content (AvgIpc) is 3.04. The Morgan fingerprint density at radius 2 is 1.93 bits per heavy atom. The number of esters is 2. The van der Waals surface area contributed by atoms with Gasteiger partial charge in [0, 0.05) is 5.69 Å². The lowest BCUT2D eigenvalue weighted by atomic mass is 10.1. The van der Waals surface area contributed by atoms with Gasteiger partial charge in [-0.1, -0.05) is 12.1 Å². The number of nitrogens with one attached hydrogen (secondary N) is 1. The summed E-state index contributed by atoms with van der Waals surface area (Å²) in [5.74, 6) is -1.43. The molecule has 0 fully saturated rings. The summed E-state index contributed by atoms with van der Waals surface area (Å²) in [7, 11) is 1.51. The fourth-order valence-electron chi connectivity index (χ4n) is 2.85. The lowest BCUT2D eigenvalue weighted by Gasteiger charge is -2.05. The van der Waals surface area contributed by atoms with Crippen LogP contribution in [0.25, 0.3) is 6.08 Å². The number of aromatic nitrogens is 1. The summed E-state index contributed by atoms with van der Waals surface area (Å²) >= 11 is 0. The van der Waals surface area contributed by atoms with Crippen LogP contribution in [-0.4, -0.2) is 43.0 Å². The molecule has 2 aromatic rings. The van der Waals surface area contributed by atoms with Crippen LogP contribution in [0.5, 0.6) is 5.75 Å². The van der Waals surface area contributed by atoms with Crippen LogP contribution in [0.3, 0.4) is 0 Å². The molecule has 0 aliphatic heterocycles. The first-order valence-electron chi connectivity index (χ1n) is 9.14. The van der Waals surface area contributed by atoms with E-state index in [1.54, 1.807) is 51.1 Å². The van der Waals surface area contributed by atoms with Crippen LogP contribution < -0.4 is 4.74 Å². The number of methoxy groups -OCH3 is 1. The SMILES string of the molecule is CCOC(=O)c1c(C)[nH]c(C(=O)COC(=O)/C(C#N)=C/c2cccc(OC)c2)c1C. The highest BCUT2D eigenvalue weighted by atomic mass is 16.5. The second kappa shape index (κ2) is 10.1. The van der Waals surface area contributed by atoms with Crippen LogP contribution >= 0.6 is 0 Å². The summed E-state index contributed by atoms with van der Waals surface area (Å²) in [5.41, 5.74) is 1.64. The normalized spacial score (nSPS) is 10.8. The highest BCUT2D eigenvalue weighted by Gasteiger charge is 2.24. The number of aromatic amines is 1. The smallest absolute Gasteiger partial charge is 0.349 e. The molecule has 1 aromatic heterocycles. The Kier molecular flexibility index (Phi) is 7.53. The molecular weight excluding hydrogens is 388 g/mol. The number of nitriles is 1. The van der Waals surface area contributed by atoms with Crippen LogP contribution in [0.15, 0.2) is 29.8 Å². The molecule has 1 N–H and O–H groups in total. The molecule has 8 nitrogen and oxygen atoms in total. The number of benzene rings is 1. The number of Topliss-reactive ketones (excluding diaryl/α,β-unsaturated/α-hetero) is 1. The van der Waals surface area contributed by atoms with Crippen molar-refractivity contribution in [2.45, 2.75) is 20.8 Å². The molecule has 0 amide bonds. The molecule has 0 spiro atoms. The van der Waals surface area contributed by atoms with Crippen molar-refractivity contribution in [2.24, 2.45) is 0 Å². The van der Waals surface area contributed by atoms with Gasteiger partial charge in [0.1, 0.15) is 17.4 Å². The van der Waals surface area contributed by atoms with Gasteiger partial charge in [-0.05, 0) is 50.1 Å². The Balaban J connectivity index is 2.12. The maximum absolute atomic E-state index is 12.5. The van der Waals surface area contributed by atoms with Gasteiger partial charge in [0.25, 0.3) is 0 Å². The minimum absolute atomic E-state index is 0.152. The number of nitrogens with zero attached hydrogens (tertiary/aromatic N) is 1. The molecule has 8 heteroatoms. The number of hydrogen-bond acceptors (Lipinski definition) is 7. The fourth-order valence-corrected chi connectivity index (χ4v) is 2.85. The summed E-state index contributed by atoms with van der Waals surface area (Å²) in [5, 5.41) is 9.27. The van der Waals surface area contributed by atoms with Crippen LogP contribution in [0.2, 0.25) is 0 Å². The number of ketones is 1. The summed E-state index contributed by atoms with van der Waals surface area (Å²) in [4.78, 5) is 39.6. The van der Waals surface area contributed by atoms with Crippen molar-refractivity contribution in [2.75, 3.05) is 20.3 Å². The predicted octanol–water partition coefficient (Wildman–Crippen LogP) is 3.15. The zero-order valence-electron chi connectivity index (χ0n) is 17.2. The van der Waals surface area contributed by atoms with E-state index in [0.29, 0.717) is 22.6 Å². The maximum Gasteiger partial charge on any atom is 0.349 e. The van der Waals surface area contributed by atoms with Crippen molar-refractivity contribution in [3.05, 3.63) is 57.9 Å². The van der Waals surface area contributed by atoms with E-state index in [2.05, 4.69) is 4.98 Å². The molecule has 2 rings (SSSR count). The van der Waals surface area contributed by atoms with Crippen molar-refractivity contribution in [1.29, 1.82) is 5.26 Å². The van der Waals surface area contributed by atoms with Crippen LogP contribution in [0.4, 0.5) is 0 Å². The first-order valence-corrected chi connectivity index (χ1v) is 9.14. The number of H-pyrrole nitrogens is 1. The van der Waals surface area contributed by atoms with E-state index < -0.39 is 24.3 Å². The second-order valence-corrected chi connectivity index (χ2v) is 6.29. The van der Waals surface area contributed by atoms with E-state index in [-0.39, 0.29) is 23.4 Å². The van der Waals surface area contributed by atoms with Crippen molar-refractivity contribution in [3.8, 4) is 11.8 Å². The lowest BCUT2D eigenvalue weighted by molar-refractivity contribution is -0.137. The Labute approximate surface area is 174 Å². The van der Waals surface area contributed by atoms with Gasteiger partial charge < -0.3 is 19.2 Å². The molecule has 0 atom stereocenters. The summed E-state index contributed by atoms with van der Waals surface area (Å²) < 4.78 is 15.1. The highest BCUT2D eigenvalue weighted by Crippen LogP contribution is 2.20. The van der Waals surface area contributed by atoms with Crippen molar-refractivity contribution >= 4 is 23.8 Å². The quantitative estimate of drug-likeness (QED) is 0.307. The predicted molar refractivity (Wildman–Crippen MR) is 108 cm³/mol. The van der Waals surface area contributed by atoms with Crippen molar-refractivity contribution in [3.63, 3.8) is 0 Å². The molecule has 0 radical (unpaired) electrons. The standard InChI is InChI=1S/C22H22N2O6/c1-5-29-22(27)19-13(2)20(24-14(19)3)18(25)12-30-21(26)16(11-23)9-15-7-6-8-17(10-15)28-4/h6-10,24H,5,12H2,1-4H3/b16-9+. The number of hydrogen-bond donors (Lipinski definition) is 1. The number of carbonyl (C=O) groups excluding carboxylic acids is 3. The highest BCUT2D eigenvalue weighted by molar-refractivity contribution is 6.04. The van der Waals surface area contributed by atoms with E-state index in [0.717, 1.165) is 0 Å². The lowest BCUT2D eigenvalue weighted by Crippen LogP contribution is -2.16. The van der Waals surface area contributed by atoms with E-state index >= 15 is 0 Å². The van der Waals surface area contributed by atoms with Gasteiger partial charge in [-0.15, -0.1) is 0 Å². The monoisotopic (exact) mass is 410 g/mol. The maximum atomic E-state index is 12.5. The van der Waals surface area contributed by atoms with Gasteiger partial charge >= 0.3 is 11.9 Å². The van der Waals surface area contributed by atoms with Crippen LogP contribution in [-0.2, 0) is 14.3 Å². The van der Waals surface area contributed by atoms with Gasteiger partial charge in [-0.3, -0.25) is 4.79 Å². The molecule has 30 heavy (non-hydrogen) atoms. The van der Waals surface area contributed by atoms with Gasteiger partial charge in [-0.2, -0.15) is 5.26 Å². The zero-order valence-corrected chi connectivity index (χ0v) is 17.2. The summed E-state index contributed by atoms with van der Waals surface area (Å²) in [6.07, 6.45) is 1.35. The van der Waals surface area contributed by atoms with Crippen LogP contribution in [0, 0.1) is 25.2 Å². The molecule has 156 valence electrons. The van der Waals surface area contributed by atoms with Gasteiger partial charge in [0.15, 0.2) is 6.61 Å². The first-order chi connectivity index (χ1) is 14.3. The number of ether oxygens (including phenoxy) is 3. The Bertz CT molecular complexity index is 1040. The molecular formula is C22H22N2O6. The Morgan fingerprint density at radius 3 is 2.57 bits per heavy atom. The minimum Gasteiger partial charge on any atom is -0.497 e. The van der Waals surface area contributed by atoms with E-state index in [9.17, 15) is 19.6 Å². The molecule has 0 saturated heterocycles. The molecule has 1 heterocycles. The minimum atomic E-state index is -0.930. The zero-order chi connectivity index (χ0) is 22.3. The topological polar surface area (TPSA) is 118 Å². The molecule has 0 saturated carbocycles. The van der Waals surface area contributed by atoms with Crippen molar-refractivity contribution in [1.82, 2.24) is 4.98 Å². The molecule has 0 unspecified atom stereocenters. The molecule has 0 bridgehead atoms. The van der Waals surface area contributed by atoms with E-state index in [4.69, 9.17) is 14.2 Å². The third-order valence-corrected chi connectivity index (χ3v) is 4.28. The Hall–Kier alpha value is -3.86. The van der Waals surface area contributed by atoms with Gasteiger partial charge in [0.05, 0.1) is 25.0 Å². The first kappa shape index (κ1) is 22.4.